The van der Waals surface area contributed by atoms with E-state index in [1.54, 1.807) is 24.1 Å². The van der Waals surface area contributed by atoms with Crippen molar-refractivity contribution in [1.29, 1.82) is 0 Å². The molecule has 1 atom stereocenters. The quantitative estimate of drug-likeness (QED) is 0.699. The minimum absolute atomic E-state index is 0.0248. The lowest BCUT2D eigenvalue weighted by molar-refractivity contribution is -0.155. The number of hydrogen-bond acceptors (Lipinski definition) is 4. The van der Waals surface area contributed by atoms with E-state index in [-0.39, 0.29) is 25.5 Å². The minimum atomic E-state index is -0.868. The van der Waals surface area contributed by atoms with Gasteiger partial charge < -0.3 is 19.8 Å². The zero-order valence-electron chi connectivity index (χ0n) is 14.7. The molecule has 0 saturated carbocycles. The maximum Gasteiger partial charge on any atom is 0.311 e. The standard InChI is InChI=1S/C19H27NO5/c1-25-11-3-9-19(18(23)24)8-2-10-20(14-19)17(22)12-15-4-6-16(13-21)7-5-15/h4-7,21H,2-3,8-14H2,1H3,(H,23,24). The number of carboxylic acid groups (broad SMARTS) is 1. The Morgan fingerprint density at radius 2 is 1.92 bits per heavy atom. The van der Waals surface area contributed by atoms with Crippen molar-refractivity contribution in [3.05, 3.63) is 35.4 Å². The van der Waals surface area contributed by atoms with Gasteiger partial charge in [-0.15, -0.1) is 0 Å². The van der Waals surface area contributed by atoms with Crippen LogP contribution in [-0.2, 0) is 27.4 Å². The van der Waals surface area contributed by atoms with Crippen molar-refractivity contribution in [1.82, 2.24) is 4.90 Å². The van der Waals surface area contributed by atoms with Crippen molar-refractivity contribution in [2.45, 2.75) is 38.7 Å². The Kier molecular flexibility index (Phi) is 6.96. The third-order valence-corrected chi connectivity index (χ3v) is 4.95. The highest BCUT2D eigenvalue weighted by atomic mass is 16.5. The number of hydrogen-bond donors (Lipinski definition) is 2. The summed E-state index contributed by atoms with van der Waals surface area (Å²) in [4.78, 5) is 26.2. The highest BCUT2D eigenvalue weighted by molar-refractivity contribution is 5.81. The Morgan fingerprint density at radius 3 is 2.52 bits per heavy atom. The van der Waals surface area contributed by atoms with E-state index in [0.717, 1.165) is 11.1 Å². The van der Waals surface area contributed by atoms with Gasteiger partial charge in [-0.25, -0.2) is 0 Å². The van der Waals surface area contributed by atoms with E-state index in [1.165, 1.54) is 0 Å². The van der Waals surface area contributed by atoms with E-state index in [1.807, 2.05) is 12.1 Å². The number of benzene rings is 1. The molecule has 0 spiro atoms. The molecular formula is C19H27NO5. The van der Waals surface area contributed by atoms with Crippen LogP contribution in [0.25, 0.3) is 0 Å². The summed E-state index contributed by atoms with van der Waals surface area (Å²) in [6, 6.07) is 7.25. The average molecular weight is 349 g/mol. The molecule has 0 bridgehead atoms. The van der Waals surface area contributed by atoms with Gasteiger partial charge in [0.2, 0.25) is 5.91 Å². The zero-order valence-corrected chi connectivity index (χ0v) is 14.7. The molecule has 1 aliphatic rings. The molecule has 6 nitrogen and oxygen atoms in total. The molecule has 1 aromatic rings. The van der Waals surface area contributed by atoms with Crippen molar-refractivity contribution in [2.75, 3.05) is 26.8 Å². The highest BCUT2D eigenvalue weighted by Crippen LogP contribution is 2.35. The van der Waals surface area contributed by atoms with E-state index in [9.17, 15) is 14.7 Å². The Morgan fingerprint density at radius 1 is 1.24 bits per heavy atom. The van der Waals surface area contributed by atoms with Gasteiger partial charge >= 0.3 is 5.97 Å². The molecule has 1 unspecified atom stereocenters. The summed E-state index contributed by atoms with van der Waals surface area (Å²) in [5.74, 6) is -0.873. The molecule has 2 N–H and O–H groups in total. The van der Waals surface area contributed by atoms with E-state index in [0.29, 0.717) is 38.8 Å². The maximum atomic E-state index is 12.6. The van der Waals surface area contributed by atoms with Crippen LogP contribution in [0.5, 0.6) is 0 Å². The summed E-state index contributed by atoms with van der Waals surface area (Å²) < 4.78 is 5.04. The number of ether oxygens (including phenoxy) is 1. The van der Waals surface area contributed by atoms with Gasteiger partial charge in [-0.1, -0.05) is 24.3 Å². The molecule has 25 heavy (non-hydrogen) atoms. The van der Waals surface area contributed by atoms with Gasteiger partial charge in [0.15, 0.2) is 0 Å². The number of aliphatic carboxylic acids is 1. The van der Waals surface area contributed by atoms with Gasteiger partial charge in [-0.2, -0.15) is 0 Å². The molecule has 0 aliphatic carbocycles. The van der Waals surface area contributed by atoms with Crippen molar-refractivity contribution >= 4 is 11.9 Å². The van der Waals surface area contributed by atoms with E-state index >= 15 is 0 Å². The fourth-order valence-electron chi connectivity index (χ4n) is 3.43. The first-order valence-corrected chi connectivity index (χ1v) is 8.69. The predicted octanol–water partition coefficient (Wildman–Crippen LogP) is 1.84. The monoisotopic (exact) mass is 349 g/mol. The van der Waals surface area contributed by atoms with Gasteiger partial charge in [-0.3, -0.25) is 9.59 Å². The van der Waals surface area contributed by atoms with Crippen LogP contribution >= 0.6 is 0 Å². The number of carbonyl (C=O) groups excluding carboxylic acids is 1. The number of likely N-dealkylation sites (tertiary alicyclic amines) is 1. The van der Waals surface area contributed by atoms with Crippen LogP contribution in [0.4, 0.5) is 0 Å². The van der Waals surface area contributed by atoms with Crippen molar-refractivity contribution in [3.63, 3.8) is 0 Å². The normalized spacial score (nSPS) is 20.5. The summed E-state index contributed by atoms with van der Waals surface area (Å²) in [5.41, 5.74) is 0.804. The van der Waals surface area contributed by atoms with Crippen LogP contribution in [0.3, 0.4) is 0 Å². The number of methoxy groups -OCH3 is 1. The lowest BCUT2D eigenvalue weighted by Gasteiger charge is -2.40. The number of amides is 1. The topological polar surface area (TPSA) is 87.1 Å². The lowest BCUT2D eigenvalue weighted by atomic mass is 9.76. The van der Waals surface area contributed by atoms with Gasteiger partial charge in [0, 0.05) is 26.8 Å². The Balaban J connectivity index is 2.02. The fraction of sp³-hybridized carbons (Fsp3) is 0.579. The van der Waals surface area contributed by atoms with E-state index in [2.05, 4.69) is 0 Å². The Hall–Kier alpha value is -1.92. The van der Waals surface area contributed by atoms with Crippen LogP contribution in [0, 0.1) is 5.41 Å². The van der Waals surface area contributed by atoms with Crippen LogP contribution in [0.2, 0.25) is 0 Å². The zero-order chi connectivity index (χ0) is 18.3. The van der Waals surface area contributed by atoms with E-state index in [4.69, 9.17) is 9.84 Å². The third-order valence-electron chi connectivity index (χ3n) is 4.95. The Labute approximate surface area is 148 Å². The molecule has 1 aliphatic heterocycles. The number of rotatable bonds is 8. The molecule has 138 valence electrons. The van der Waals surface area contributed by atoms with Gasteiger partial charge in [0.25, 0.3) is 0 Å². The van der Waals surface area contributed by atoms with Gasteiger partial charge in [0.1, 0.15) is 0 Å². The molecule has 0 aromatic heterocycles. The second kappa shape index (κ2) is 8.97. The highest BCUT2D eigenvalue weighted by Gasteiger charge is 2.42. The minimum Gasteiger partial charge on any atom is -0.481 e. The predicted molar refractivity (Wildman–Crippen MR) is 93.1 cm³/mol. The van der Waals surface area contributed by atoms with Crippen molar-refractivity contribution in [2.24, 2.45) is 5.41 Å². The number of aliphatic hydroxyl groups is 1. The smallest absolute Gasteiger partial charge is 0.311 e. The first kappa shape index (κ1) is 19.4. The van der Waals surface area contributed by atoms with Gasteiger partial charge in [0.05, 0.1) is 18.4 Å². The SMILES string of the molecule is COCCCC1(C(=O)O)CCCN(C(=O)Cc2ccc(CO)cc2)C1. The molecular weight excluding hydrogens is 322 g/mol. The van der Waals surface area contributed by atoms with Gasteiger partial charge in [-0.05, 0) is 36.8 Å². The number of piperidine rings is 1. The van der Waals surface area contributed by atoms with Crippen LogP contribution in [-0.4, -0.2) is 53.8 Å². The molecule has 6 heteroatoms. The van der Waals surface area contributed by atoms with Crippen molar-refractivity contribution < 1.29 is 24.5 Å². The average Bonchev–Trinajstić information content (AvgIpc) is 2.62. The lowest BCUT2D eigenvalue weighted by Crippen LogP contribution is -2.50. The van der Waals surface area contributed by atoms with Crippen LogP contribution in [0.1, 0.15) is 36.8 Å². The first-order valence-electron chi connectivity index (χ1n) is 8.69. The molecule has 1 fully saturated rings. The molecule has 1 saturated heterocycles. The summed E-state index contributed by atoms with van der Waals surface area (Å²) in [5, 5.41) is 18.8. The third kappa shape index (κ3) is 5.03. The fourth-order valence-corrected chi connectivity index (χ4v) is 3.43. The molecule has 1 aromatic carbocycles. The number of carboxylic acids is 1. The molecule has 2 rings (SSSR count). The van der Waals surface area contributed by atoms with E-state index < -0.39 is 11.4 Å². The summed E-state index contributed by atoms with van der Waals surface area (Å²) >= 11 is 0. The summed E-state index contributed by atoms with van der Waals surface area (Å²) in [7, 11) is 1.60. The Bertz CT molecular complexity index is 586. The summed E-state index contributed by atoms with van der Waals surface area (Å²) in [6.45, 7) is 1.37. The maximum absolute atomic E-state index is 12.6. The molecule has 1 heterocycles. The van der Waals surface area contributed by atoms with Crippen molar-refractivity contribution in [3.8, 4) is 0 Å². The first-order chi connectivity index (χ1) is 12.0. The second-order valence-electron chi connectivity index (χ2n) is 6.75. The summed E-state index contributed by atoms with van der Waals surface area (Å²) in [6.07, 6.45) is 2.74. The largest absolute Gasteiger partial charge is 0.481 e. The number of nitrogens with zero attached hydrogens (tertiary/aromatic N) is 1. The second-order valence-corrected chi connectivity index (χ2v) is 6.75. The van der Waals surface area contributed by atoms with Crippen LogP contribution < -0.4 is 0 Å². The number of aliphatic hydroxyl groups excluding tert-OH is 1. The molecule has 1 amide bonds. The number of carbonyl (C=O) groups is 2. The van der Waals surface area contributed by atoms with Crippen LogP contribution in [0.15, 0.2) is 24.3 Å². The molecule has 0 radical (unpaired) electrons.